The van der Waals surface area contributed by atoms with Crippen molar-refractivity contribution in [2.45, 2.75) is 51.6 Å². The molecule has 0 saturated carbocycles. The van der Waals surface area contributed by atoms with Gasteiger partial charge < -0.3 is 9.88 Å². The molecular formula is C29H31FN2O. The summed E-state index contributed by atoms with van der Waals surface area (Å²) < 4.78 is 15.8. The number of carbonyl (C=O) groups is 1. The second-order valence-electron chi connectivity index (χ2n) is 8.69. The van der Waals surface area contributed by atoms with Gasteiger partial charge in [0.15, 0.2) is 0 Å². The molecule has 4 heteroatoms. The summed E-state index contributed by atoms with van der Waals surface area (Å²) in [6, 6.07) is 25.2. The normalized spacial score (nSPS) is 13.1. The average molecular weight is 443 g/mol. The lowest BCUT2D eigenvalue weighted by molar-refractivity contribution is -0.121. The lowest BCUT2D eigenvalue weighted by Gasteiger charge is -2.20. The Hall–Kier alpha value is -3.40. The molecule has 2 atom stereocenters. The van der Waals surface area contributed by atoms with E-state index in [1.165, 1.54) is 17.7 Å². The minimum absolute atomic E-state index is 0.0122. The van der Waals surface area contributed by atoms with Crippen LogP contribution in [0.3, 0.4) is 0 Å². The van der Waals surface area contributed by atoms with Gasteiger partial charge in [0.05, 0.1) is 0 Å². The Morgan fingerprint density at radius 1 is 0.970 bits per heavy atom. The quantitative estimate of drug-likeness (QED) is 0.317. The van der Waals surface area contributed by atoms with E-state index in [1.54, 1.807) is 12.1 Å². The maximum atomic E-state index is 13.6. The van der Waals surface area contributed by atoms with E-state index < -0.39 is 0 Å². The molecule has 4 rings (SSSR count). The summed E-state index contributed by atoms with van der Waals surface area (Å²) in [6.45, 7) is 5.01. The van der Waals surface area contributed by atoms with Crippen LogP contribution >= 0.6 is 0 Å². The third-order valence-corrected chi connectivity index (χ3v) is 6.31. The Balaban J connectivity index is 1.55. The van der Waals surface area contributed by atoms with Crippen molar-refractivity contribution >= 4 is 16.8 Å². The van der Waals surface area contributed by atoms with Crippen LogP contribution in [-0.4, -0.2) is 16.5 Å². The van der Waals surface area contributed by atoms with Crippen LogP contribution < -0.4 is 5.32 Å². The van der Waals surface area contributed by atoms with Crippen LogP contribution in [0, 0.1) is 5.82 Å². The maximum absolute atomic E-state index is 13.6. The molecule has 1 heterocycles. The first-order valence-corrected chi connectivity index (χ1v) is 11.7. The number of benzene rings is 3. The molecule has 4 aromatic rings. The van der Waals surface area contributed by atoms with Crippen molar-refractivity contribution in [3.05, 3.63) is 108 Å². The predicted octanol–water partition coefficient (Wildman–Crippen LogP) is 6.46. The lowest BCUT2D eigenvalue weighted by Crippen LogP contribution is -2.33. The summed E-state index contributed by atoms with van der Waals surface area (Å²) in [4.78, 5) is 13.1. The molecule has 3 aromatic carbocycles. The molecule has 0 aliphatic carbocycles. The fourth-order valence-electron chi connectivity index (χ4n) is 4.54. The zero-order valence-electron chi connectivity index (χ0n) is 19.3. The zero-order chi connectivity index (χ0) is 23.2. The molecule has 1 N–H and O–H groups in total. The zero-order valence-corrected chi connectivity index (χ0v) is 19.3. The van der Waals surface area contributed by atoms with Crippen LogP contribution in [0.1, 0.15) is 49.3 Å². The number of amides is 1. The Bertz CT molecular complexity index is 1200. The Kier molecular flexibility index (Phi) is 7.23. The summed E-state index contributed by atoms with van der Waals surface area (Å²) in [5, 5.41) is 4.32. The molecule has 170 valence electrons. The summed E-state index contributed by atoms with van der Waals surface area (Å²) in [5.74, 6) is -0.407. The van der Waals surface area contributed by atoms with Gasteiger partial charge in [0.2, 0.25) is 5.91 Å². The monoisotopic (exact) mass is 442 g/mol. The summed E-state index contributed by atoms with van der Waals surface area (Å²) in [7, 11) is 0. The smallest absolute Gasteiger partial charge is 0.221 e. The third-order valence-electron chi connectivity index (χ3n) is 6.31. The molecule has 1 aromatic heterocycles. The van der Waals surface area contributed by atoms with Gasteiger partial charge >= 0.3 is 0 Å². The van der Waals surface area contributed by atoms with Crippen molar-refractivity contribution in [3.8, 4) is 0 Å². The van der Waals surface area contributed by atoms with Gasteiger partial charge in [-0.25, -0.2) is 4.39 Å². The topological polar surface area (TPSA) is 34.0 Å². The Labute approximate surface area is 195 Å². The molecule has 0 radical (unpaired) electrons. The van der Waals surface area contributed by atoms with E-state index in [-0.39, 0.29) is 23.7 Å². The lowest BCUT2D eigenvalue weighted by atomic mass is 9.88. The number of hydrogen-bond acceptors (Lipinski definition) is 1. The number of carbonyl (C=O) groups excluding carboxylic acids is 1. The van der Waals surface area contributed by atoms with E-state index in [4.69, 9.17) is 0 Å². The highest BCUT2D eigenvalue weighted by atomic mass is 19.1. The number of halogens is 1. The molecule has 1 amide bonds. The van der Waals surface area contributed by atoms with Crippen molar-refractivity contribution < 1.29 is 9.18 Å². The number of aromatic nitrogens is 1. The number of hydrogen-bond donors (Lipinski definition) is 1. The number of fused-ring (bicyclic) bond motifs is 1. The predicted molar refractivity (Wildman–Crippen MR) is 133 cm³/mol. The average Bonchev–Trinajstić information content (AvgIpc) is 3.21. The van der Waals surface area contributed by atoms with Crippen LogP contribution in [0.2, 0.25) is 0 Å². The van der Waals surface area contributed by atoms with Gasteiger partial charge in [0, 0.05) is 42.0 Å². The van der Waals surface area contributed by atoms with Gasteiger partial charge in [-0.3, -0.25) is 4.79 Å². The van der Waals surface area contributed by atoms with Crippen molar-refractivity contribution in [2.75, 3.05) is 0 Å². The Morgan fingerprint density at radius 3 is 2.39 bits per heavy atom. The number of para-hydroxylation sites is 1. The van der Waals surface area contributed by atoms with Gasteiger partial charge in [-0.05, 0) is 61.6 Å². The molecule has 0 bridgehead atoms. The van der Waals surface area contributed by atoms with E-state index in [1.807, 2.05) is 30.3 Å². The minimum Gasteiger partial charge on any atom is -0.354 e. The summed E-state index contributed by atoms with van der Waals surface area (Å²) in [5.41, 5.74) is 4.47. The largest absolute Gasteiger partial charge is 0.354 e. The highest BCUT2D eigenvalue weighted by Crippen LogP contribution is 2.35. The van der Waals surface area contributed by atoms with Crippen molar-refractivity contribution in [3.63, 3.8) is 0 Å². The molecule has 33 heavy (non-hydrogen) atoms. The molecule has 0 fully saturated rings. The van der Waals surface area contributed by atoms with Crippen LogP contribution in [0.15, 0.2) is 85.1 Å². The highest BCUT2D eigenvalue weighted by Gasteiger charge is 2.23. The van der Waals surface area contributed by atoms with Crippen molar-refractivity contribution in [2.24, 2.45) is 0 Å². The van der Waals surface area contributed by atoms with Crippen molar-refractivity contribution in [1.29, 1.82) is 0 Å². The van der Waals surface area contributed by atoms with Crippen LogP contribution in [0.4, 0.5) is 4.39 Å². The fraction of sp³-hybridized carbons (Fsp3) is 0.276. The summed E-state index contributed by atoms with van der Waals surface area (Å²) in [6.07, 6.45) is 4.27. The van der Waals surface area contributed by atoms with E-state index in [9.17, 15) is 9.18 Å². The second-order valence-corrected chi connectivity index (χ2v) is 8.69. The van der Waals surface area contributed by atoms with Gasteiger partial charge in [-0.2, -0.15) is 0 Å². The van der Waals surface area contributed by atoms with Gasteiger partial charge in [0.1, 0.15) is 5.82 Å². The molecule has 3 nitrogen and oxygen atoms in total. The van der Waals surface area contributed by atoms with Gasteiger partial charge in [0.25, 0.3) is 0 Å². The van der Waals surface area contributed by atoms with Gasteiger partial charge in [-0.1, -0.05) is 60.7 Å². The van der Waals surface area contributed by atoms with Crippen LogP contribution in [0.5, 0.6) is 0 Å². The van der Waals surface area contributed by atoms with E-state index in [2.05, 4.69) is 54.2 Å². The van der Waals surface area contributed by atoms with Crippen LogP contribution in [0.25, 0.3) is 10.9 Å². The third kappa shape index (κ3) is 5.51. The SMILES string of the molecule is CCn1cc([C@@H](CC(=O)N[C@H](C)CCc2ccccc2)c2ccc(F)cc2)c2ccccc21. The number of nitrogens with zero attached hydrogens (tertiary/aromatic N) is 1. The van der Waals surface area contributed by atoms with Crippen LogP contribution in [-0.2, 0) is 17.8 Å². The molecule has 0 saturated heterocycles. The first-order valence-electron chi connectivity index (χ1n) is 11.7. The number of aryl methyl sites for hydroxylation is 2. The second kappa shape index (κ2) is 10.5. The molecule has 0 aliphatic heterocycles. The first-order chi connectivity index (χ1) is 16.0. The van der Waals surface area contributed by atoms with E-state index in [0.29, 0.717) is 6.42 Å². The standard InChI is InChI=1S/C29H31FN2O/c1-3-32-20-27(25-11-7-8-12-28(25)32)26(23-15-17-24(30)18-16-23)19-29(33)31-21(2)13-14-22-9-5-4-6-10-22/h4-12,15-18,20-21,26H,3,13-14,19H2,1-2H3,(H,31,33)/t21-,26+/m1/s1. The molecule has 0 unspecified atom stereocenters. The number of rotatable bonds is 9. The fourth-order valence-corrected chi connectivity index (χ4v) is 4.54. The first kappa shape index (κ1) is 22.8. The molecule has 0 aliphatic rings. The summed E-state index contributed by atoms with van der Waals surface area (Å²) >= 11 is 0. The Morgan fingerprint density at radius 2 is 1.67 bits per heavy atom. The highest BCUT2D eigenvalue weighted by molar-refractivity contribution is 5.86. The van der Waals surface area contributed by atoms with E-state index >= 15 is 0 Å². The molecule has 0 spiro atoms. The van der Waals surface area contributed by atoms with Crippen molar-refractivity contribution in [1.82, 2.24) is 9.88 Å². The van der Waals surface area contributed by atoms with E-state index in [0.717, 1.165) is 41.4 Å². The maximum Gasteiger partial charge on any atom is 0.221 e. The number of nitrogens with one attached hydrogen (secondary N) is 1. The van der Waals surface area contributed by atoms with Gasteiger partial charge in [-0.15, -0.1) is 0 Å². The minimum atomic E-state index is -0.271. The molecular weight excluding hydrogens is 411 g/mol.